The monoisotopic (exact) mass is 558 g/mol. The summed E-state index contributed by atoms with van der Waals surface area (Å²) in [7, 11) is 0. The van der Waals surface area contributed by atoms with Crippen LogP contribution in [0.2, 0.25) is 0 Å². The first-order valence-corrected chi connectivity index (χ1v) is 12.7. The van der Waals surface area contributed by atoms with Crippen molar-refractivity contribution < 1.29 is 54.0 Å². The van der Waals surface area contributed by atoms with Gasteiger partial charge in [-0.1, -0.05) is 35.8 Å². The van der Waals surface area contributed by atoms with Crippen LogP contribution in [0.15, 0.2) is 36.4 Å². The summed E-state index contributed by atoms with van der Waals surface area (Å²) < 4.78 is 42.0. The third-order valence-corrected chi connectivity index (χ3v) is 7.37. The molecule has 9 nitrogen and oxygen atoms in total. The number of benzene rings is 2. The zero-order valence-electron chi connectivity index (χ0n) is 21.0. The Morgan fingerprint density at radius 1 is 0.725 bits per heavy atom. The molecule has 1 aliphatic carbocycles. The highest BCUT2D eigenvalue weighted by Crippen LogP contribution is 2.51. The van der Waals surface area contributed by atoms with Crippen LogP contribution in [0.1, 0.15) is 28.7 Å². The van der Waals surface area contributed by atoms with E-state index in [2.05, 4.69) is 23.7 Å². The van der Waals surface area contributed by atoms with Gasteiger partial charge >= 0.3 is 0 Å². The molecule has 3 aliphatic rings. The lowest BCUT2D eigenvalue weighted by molar-refractivity contribution is -0.214. The summed E-state index contributed by atoms with van der Waals surface area (Å²) in [6, 6.07) is 8.57. The van der Waals surface area contributed by atoms with E-state index in [1.165, 1.54) is 30.3 Å². The summed E-state index contributed by atoms with van der Waals surface area (Å²) in [6.07, 6.45) is -11.3. The molecule has 2 aromatic carbocycles. The molecule has 0 unspecified atom stereocenters. The Morgan fingerprint density at radius 3 is 1.80 bits per heavy atom. The molecule has 0 amide bonds. The first kappa shape index (κ1) is 28.6. The van der Waals surface area contributed by atoms with Crippen molar-refractivity contribution in [2.75, 3.05) is 13.2 Å². The van der Waals surface area contributed by atoms with Crippen LogP contribution in [0.25, 0.3) is 11.1 Å². The van der Waals surface area contributed by atoms with E-state index < -0.39 is 67.5 Å². The Balaban J connectivity index is 1.39. The second-order valence-corrected chi connectivity index (χ2v) is 10.0. The largest absolute Gasteiger partial charge is 0.394 e. The Labute approximate surface area is 228 Å². The van der Waals surface area contributed by atoms with Crippen molar-refractivity contribution in [3.63, 3.8) is 0 Å². The molecule has 0 aromatic heterocycles. The van der Waals surface area contributed by atoms with Gasteiger partial charge in [0.05, 0.1) is 25.4 Å². The first-order valence-electron chi connectivity index (χ1n) is 12.7. The molecular formula is C29H28F2O9. The number of ether oxygens (including phenoxy) is 2. The molecule has 11 heteroatoms. The van der Waals surface area contributed by atoms with E-state index in [1.54, 1.807) is 6.07 Å². The Morgan fingerprint density at radius 2 is 1.27 bits per heavy atom. The van der Waals surface area contributed by atoms with E-state index in [0.29, 0.717) is 11.1 Å². The molecule has 212 valence electrons. The second kappa shape index (κ2) is 11.1. The fraction of sp³-hybridized carbons (Fsp3) is 0.448. The molecule has 2 fully saturated rings. The van der Waals surface area contributed by atoms with Gasteiger partial charge in [0, 0.05) is 28.7 Å². The summed E-state index contributed by atoms with van der Waals surface area (Å²) in [6.45, 7) is -0.974. The van der Waals surface area contributed by atoms with Crippen LogP contribution in [0.3, 0.4) is 0 Å². The van der Waals surface area contributed by atoms with Crippen molar-refractivity contribution in [2.45, 2.75) is 67.3 Å². The van der Waals surface area contributed by atoms with Gasteiger partial charge in [-0.25, -0.2) is 0 Å². The minimum Gasteiger partial charge on any atom is -0.394 e. The maximum Gasteiger partial charge on any atom is 0.299 e. The van der Waals surface area contributed by atoms with E-state index in [9.17, 15) is 35.7 Å². The van der Waals surface area contributed by atoms with Crippen LogP contribution < -0.4 is 0 Å². The van der Waals surface area contributed by atoms with E-state index in [1.807, 2.05) is 0 Å². The topological polar surface area (TPSA) is 160 Å². The van der Waals surface area contributed by atoms with Gasteiger partial charge in [0.1, 0.15) is 42.7 Å². The van der Waals surface area contributed by atoms with Crippen molar-refractivity contribution >= 4 is 0 Å². The molecule has 0 radical (unpaired) electrons. The van der Waals surface area contributed by atoms with Gasteiger partial charge < -0.3 is 45.2 Å². The number of halogens is 2. The van der Waals surface area contributed by atoms with E-state index in [-0.39, 0.29) is 35.3 Å². The predicted molar refractivity (Wildman–Crippen MR) is 135 cm³/mol. The van der Waals surface area contributed by atoms with Gasteiger partial charge in [0.25, 0.3) is 5.92 Å². The Bertz CT molecular complexity index is 1390. The zero-order chi connectivity index (χ0) is 28.8. The van der Waals surface area contributed by atoms with E-state index in [4.69, 9.17) is 9.47 Å². The van der Waals surface area contributed by atoms with Crippen molar-refractivity contribution in [1.29, 1.82) is 0 Å². The van der Waals surface area contributed by atoms with Crippen LogP contribution in [-0.4, -0.2) is 104 Å². The number of hydrogen-bond acceptors (Lipinski definition) is 9. The minimum absolute atomic E-state index is 0.0497. The van der Waals surface area contributed by atoms with Crippen molar-refractivity contribution in [3.05, 3.63) is 58.7 Å². The van der Waals surface area contributed by atoms with Crippen LogP contribution in [0, 0.1) is 23.7 Å². The molecule has 7 N–H and O–H groups in total. The number of aliphatic hydroxyl groups excluding tert-OH is 7. The van der Waals surface area contributed by atoms with Crippen LogP contribution in [0.4, 0.5) is 8.78 Å². The molecular weight excluding hydrogens is 530 g/mol. The third kappa shape index (κ3) is 5.13. The molecule has 0 spiro atoms. The third-order valence-electron chi connectivity index (χ3n) is 7.37. The highest BCUT2D eigenvalue weighted by Gasteiger charge is 2.45. The van der Waals surface area contributed by atoms with Crippen molar-refractivity contribution in [1.82, 2.24) is 0 Å². The second-order valence-electron chi connectivity index (χ2n) is 10.0. The van der Waals surface area contributed by atoms with Gasteiger partial charge in [-0.15, -0.1) is 0 Å². The molecule has 0 bridgehead atoms. The minimum atomic E-state index is -3.39. The summed E-state index contributed by atoms with van der Waals surface area (Å²) >= 11 is 0. The first-order chi connectivity index (χ1) is 19.0. The lowest BCUT2D eigenvalue weighted by Crippen LogP contribution is -2.58. The van der Waals surface area contributed by atoms with Gasteiger partial charge in [0.2, 0.25) is 0 Å². The maximum atomic E-state index is 15.6. The van der Waals surface area contributed by atoms with Crippen LogP contribution in [0.5, 0.6) is 0 Å². The fourth-order valence-electron chi connectivity index (χ4n) is 5.10. The summed E-state index contributed by atoms with van der Waals surface area (Å²) in [5.74, 6) is 7.23. The van der Waals surface area contributed by atoms with Crippen molar-refractivity contribution in [2.24, 2.45) is 0 Å². The normalized spacial score (nSPS) is 34.1. The molecule has 0 saturated carbocycles. The molecule has 2 aromatic rings. The lowest BCUT2D eigenvalue weighted by atomic mass is 9.95. The fourth-order valence-corrected chi connectivity index (χ4v) is 5.10. The molecule has 2 heterocycles. The van der Waals surface area contributed by atoms with Gasteiger partial charge in [0.15, 0.2) is 0 Å². The number of rotatable bonds is 2. The SMILES string of the molecule is OC[C@@H]1C[C@H](O)[C@H](O)[C@@H](C#Cc2ccc3c(c2)C(F)(F)c2cc(C#C[C@H]4O[C@H](CO)[C@@H](O)[C@H](O)[C@@H]4O)ccc2-3)O1. The number of aliphatic hydroxyl groups is 7. The number of hydrogen-bond donors (Lipinski definition) is 7. The molecule has 40 heavy (non-hydrogen) atoms. The van der Waals surface area contributed by atoms with Crippen LogP contribution in [-0.2, 0) is 15.4 Å². The summed E-state index contributed by atoms with van der Waals surface area (Å²) in [5.41, 5.74) is 0.496. The molecule has 5 rings (SSSR count). The molecule has 2 aliphatic heterocycles. The molecule has 9 atom stereocenters. The Kier molecular flexibility index (Phi) is 7.97. The van der Waals surface area contributed by atoms with Gasteiger partial charge in [-0.05, 0) is 35.4 Å². The quantitative estimate of drug-likeness (QED) is 0.235. The summed E-state index contributed by atoms with van der Waals surface area (Å²) in [5, 5.41) is 68.8. The maximum absolute atomic E-state index is 15.6. The average molecular weight is 559 g/mol. The average Bonchev–Trinajstić information content (AvgIpc) is 3.17. The Hall–Kier alpha value is -2.94. The predicted octanol–water partition coefficient (Wildman–Crippen LogP) is -0.776. The lowest BCUT2D eigenvalue weighted by Gasteiger charge is -2.37. The molecule has 2 saturated heterocycles. The standard InChI is InChI=1S/C29H28F2O9/c30-29(31)19-9-14(3-7-22-25(35)21(34)11-16(12-32)39-22)1-5-17(19)18-6-2-15(10-20(18)29)4-8-23-26(36)28(38)27(37)24(13-33)40-23/h1-2,5-6,9-10,16,21-28,32-38H,11-13H2/t16-,21-,22+,23+,24+,25-,26+,27+,28+/m0/s1. The van der Waals surface area contributed by atoms with Crippen molar-refractivity contribution in [3.8, 4) is 34.8 Å². The van der Waals surface area contributed by atoms with E-state index in [0.717, 1.165) is 0 Å². The highest BCUT2D eigenvalue weighted by molar-refractivity contribution is 5.80. The zero-order valence-corrected chi connectivity index (χ0v) is 21.0. The highest BCUT2D eigenvalue weighted by atomic mass is 19.3. The van der Waals surface area contributed by atoms with Gasteiger partial charge in [-0.2, -0.15) is 8.78 Å². The summed E-state index contributed by atoms with van der Waals surface area (Å²) in [4.78, 5) is 0. The number of alkyl halides is 2. The van der Waals surface area contributed by atoms with Crippen LogP contribution >= 0.6 is 0 Å². The van der Waals surface area contributed by atoms with E-state index >= 15 is 8.78 Å². The number of fused-ring (bicyclic) bond motifs is 3. The smallest absolute Gasteiger partial charge is 0.299 e. The van der Waals surface area contributed by atoms with Gasteiger partial charge in [-0.3, -0.25) is 0 Å².